The summed E-state index contributed by atoms with van der Waals surface area (Å²) in [6.45, 7) is -0.555. The summed E-state index contributed by atoms with van der Waals surface area (Å²) in [5.41, 5.74) is 2.30. The first-order valence-corrected chi connectivity index (χ1v) is 14.7. The summed E-state index contributed by atoms with van der Waals surface area (Å²) in [4.78, 5) is 44.1. The third kappa shape index (κ3) is 6.81. The fourth-order valence-electron chi connectivity index (χ4n) is 4.91. The summed E-state index contributed by atoms with van der Waals surface area (Å²) in [7, 11) is -2.80. The van der Waals surface area contributed by atoms with E-state index in [9.17, 15) is 27.8 Å². The van der Waals surface area contributed by atoms with E-state index in [0.717, 1.165) is 5.56 Å². The second-order valence-electron chi connectivity index (χ2n) is 9.82. The molecule has 228 valence electrons. The van der Waals surface area contributed by atoms with E-state index in [0.29, 0.717) is 47.4 Å². The second kappa shape index (κ2) is 12.7. The Labute approximate surface area is 244 Å². The van der Waals surface area contributed by atoms with E-state index in [-0.39, 0.29) is 30.4 Å². The molecule has 1 N–H and O–H groups in total. The van der Waals surface area contributed by atoms with Crippen molar-refractivity contribution in [2.75, 3.05) is 31.1 Å². The van der Waals surface area contributed by atoms with Crippen LogP contribution in [-0.4, -0.2) is 74.5 Å². The molecule has 2 aromatic carbocycles. The molecule has 1 fully saturated rings. The Morgan fingerprint density at radius 2 is 1.88 bits per heavy atom. The molecule has 2 unspecified atom stereocenters. The fraction of sp³-hybridized carbons (Fsp3) is 0.333. The molecule has 0 bridgehead atoms. The standard InChI is InChI=1S/C27H29F2N6O7P/c1-18-16-33(9-10-35(18)42-43(38,39)40-12-11-36)27-30-14-21(15-31-27)19-7-8-22-23(13-19)34(32(2)25(22)37)17-20-5-3-4-6-24(20)41-26(28)29/h3-8,11,13-15,18,26H,9-10,12,16-17H2,1-2H3,(H,38,39). The highest BCUT2D eigenvalue weighted by Gasteiger charge is 2.33. The Bertz CT molecular complexity index is 1710. The number of rotatable bonds is 11. The molecule has 0 spiro atoms. The zero-order valence-electron chi connectivity index (χ0n) is 23.2. The number of alkyl halides is 2. The number of phosphoric acid groups is 1. The molecule has 0 amide bonds. The van der Waals surface area contributed by atoms with Crippen molar-refractivity contribution in [3.05, 3.63) is 70.8 Å². The van der Waals surface area contributed by atoms with Crippen LogP contribution in [0.5, 0.6) is 5.75 Å². The Morgan fingerprint density at radius 1 is 1.14 bits per heavy atom. The van der Waals surface area contributed by atoms with Crippen LogP contribution >= 0.6 is 7.82 Å². The van der Waals surface area contributed by atoms with Gasteiger partial charge in [-0.1, -0.05) is 24.3 Å². The van der Waals surface area contributed by atoms with Gasteiger partial charge in [-0.25, -0.2) is 14.5 Å². The number of aromatic nitrogens is 4. The monoisotopic (exact) mass is 618 g/mol. The number of hydrogen-bond acceptors (Lipinski definition) is 10. The number of phosphoric ester groups is 1. The Hall–Kier alpha value is -4.01. The number of piperazine rings is 1. The van der Waals surface area contributed by atoms with Crippen molar-refractivity contribution in [1.29, 1.82) is 0 Å². The number of aldehydes is 1. The van der Waals surface area contributed by atoms with E-state index in [2.05, 4.69) is 19.2 Å². The van der Waals surface area contributed by atoms with Crippen LogP contribution in [0.1, 0.15) is 12.5 Å². The first-order valence-electron chi connectivity index (χ1n) is 13.2. The summed E-state index contributed by atoms with van der Waals surface area (Å²) in [5.74, 6) is 0.484. The molecule has 13 nitrogen and oxygen atoms in total. The van der Waals surface area contributed by atoms with Crippen LogP contribution in [0.25, 0.3) is 22.0 Å². The lowest BCUT2D eigenvalue weighted by Gasteiger charge is -2.38. The molecule has 1 aliphatic rings. The van der Waals surface area contributed by atoms with Gasteiger partial charge in [-0.15, -0.1) is 0 Å². The SMILES string of the molecule is CC1CN(c2ncc(-c3ccc4c(=O)n(C)n(Cc5ccccc5OC(F)F)c4c3)cn2)CCN1OP(=O)(O)OCC=O. The predicted octanol–water partition coefficient (Wildman–Crippen LogP) is 3.20. The van der Waals surface area contributed by atoms with Crippen LogP contribution in [0.15, 0.2) is 59.7 Å². The van der Waals surface area contributed by atoms with Gasteiger partial charge in [-0.3, -0.25) is 18.7 Å². The number of hydroxylamine groups is 2. The van der Waals surface area contributed by atoms with Gasteiger partial charge in [0.1, 0.15) is 18.6 Å². The molecule has 16 heteroatoms. The maximum absolute atomic E-state index is 13.0. The van der Waals surface area contributed by atoms with Crippen LogP contribution < -0.4 is 15.2 Å². The normalized spacial score (nSPS) is 17.3. The van der Waals surface area contributed by atoms with Gasteiger partial charge in [-0.2, -0.15) is 18.5 Å². The average molecular weight is 619 g/mol. The molecule has 3 heterocycles. The maximum Gasteiger partial charge on any atom is 0.489 e. The van der Waals surface area contributed by atoms with Gasteiger partial charge in [0, 0.05) is 50.2 Å². The van der Waals surface area contributed by atoms with Gasteiger partial charge in [0.05, 0.1) is 23.5 Å². The molecule has 0 aliphatic carbocycles. The highest BCUT2D eigenvalue weighted by molar-refractivity contribution is 7.47. The van der Waals surface area contributed by atoms with Crippen molar-refractivity contribution >= 4 is 31.0 Å². The van der Waals surface area contributed by atoms with E-state index < -0.39 is 21.0 Å². The zero-order valence-corrected chi connectivity index (χ0v) is 24.1. The third-order valence-corrected chi connectivity index (χ3v) is 7.90. The summed E-state index contributed by atoms with van der Waals surface area (Å²) in [6.07, 6.45) is 3.67. The van der Waals surface area contributed by atoms with Gasteiger partial charge in [0.25, 0.3) is 5.56 Å². The molecule has 2 aromatic heterocycles. The van der Waals surface area contributed by atoms with Gasteiger partial charge >= 0.3 is 14.4 Å². The molecule has 2 atom stereocenters. The molecule has 1 saturated heterocycles. The minimum atomic E-state index is -4.41. The topological polar surface area (TPSA) is 141 Å². The number of nitrogens with zero attached hydrogens (tertiary/aromatic N) is 6. The number of anilines is 1. The quantitative estimate of drug-likeness (QED) is 0.196. The van der Waals surface area contributed by atoms with Gasteiger partial charge in [-0.05, 0) is 30.7 Å². The number of benzene rings is 2. The lowest BCUT2D eigenvalue weighted by Crippen LogP contribution is -2.51. The number of para-hydroxylation sites is 1. The van der Waals surface area contributed by atoms with Gasteiger partial charge in [0.2, 0.25) is 5.95 Å². The molecule has 0 saturated carbocycles. The molecule has 43 heavy (non-hydrogen) atoms. The van der Waals surface area contributed by atoms with E-state index >= 15 is 0 Å². The Morgan fingerprint density at radius 3 is 2.58 bits per heavy atom. The highest BCUT2D eigenvalue weighted by atomic mass is 31.2. The third-order valence-electron chi connectivity index (χ3n) is 7.01. The number of ether oxygens (including phenoxy) is 1. The molecular formula is C27H29F2N6O7P. The zero-order chi connectivity index (χ0) is 30.7. The smallest absolute Gasteiger partial charge is 0.434 e. The van der Waals surface area contributed by atoms with Crippen molar-refractivity contribution < 1.29 is 36.9 Å². The fourth-order valence-corrected chi connectivity index (χ4v) is 5.71. The predicted molar refractivity (Wildman–Crippen MR) is 152 cm³/mol. The number of carbonyl (C=O) groups excluding carboxylic acids is 1. The van der Waals surface area contributed by atoms with Crippen LogP contribution in [0.2, 0.25) is 0 Å². The first-order chi connectivity index (χ1) is 20.6. The number of hydrogen-bond donors (Lipinski definition) is 1. The van der Waals surface area contributed by atoms with E-state index in [1.165, 1.54) is 15.8 Å². The maximum atomic E-state index is 13.0. The molecule has 5 rings (SSSR count). The van der Waals surface area contributed by atoms with E-state index in [1.807, 2.05) is 11.0 Å². The minimum Gasteiger partial charge on any atom is -0.434 e. The van der Waals surface area contributed by atoms with Crippen molar-refractivity contribution in [3.8, 4) is 16.9 Å². The summed E-state index contributed by atoms with van der Waals surface area (Å²) < 4.78 is 55.4. The summed E-state index contributed by atoms with van der Waals surface area (Å²) in [5, 5.41) is 1.80. The molecular weight excluding hydrogens is 589 g/mol. The van der Waals surface area contributed by atoms with Crippen LogP contribution in [0.3, 0.4) is 0 Å². The van der Waals surface area contributed by atoms with Crippen molar-refractivity contribution in [2.24, 2.45) is 7.05 Å². The van der Waals surface area contributed by atoms with Gasteiger partial charge in [0.15, 0.2) is 0 Å². The second-order valence-corrected chi connectivity index (χ2v) is 11.2. The largest absolute Gasteiger partial charge is 0.489 e. The lowest BCUT2D eigenvalue weighted by molar-refractivity contribution is -0.123. The van der Waals surface area contributed by atoms with Gasteiger partial charge < -0.3 is 19.3 Å². The molecule has 0 radical (unpaired) electrons. The van der Waals surface area contributed by atoms with Crippen LogP contribution in [0, 0.1) is 0 Å². The van der Waals surface area contributed by atoms with Crippen molar-refractivity contribution in [2.45, 2.75) is 26.1 Å². The minimum absolute atomic E-state index is 0.0326. The number of carbonyl (C=O) groups is 1. The van der Waals surface area contributed by atoms with E-state index in [1.54, 1.807) is 61.4 Å². The Kier molecular flexibility index (Phi) is 8.99. The number of fused-ring (bicyclic) bond motifs is 1. The van der Waals surface area contributed by atoms with Crippen molar-refractivity contribution in [3.63, 3.8) is 0 Å². The van der Waals surface area contributed by atoms with Crippen LogP contribution in [0.4, 0.5) is 14.7 Å². The van der Waals surface area contributed by atoms with E-state index in [4.69, 9.17) is 4.62 Å². The molecule has 4 aromatic rings. The van der Waals surface area contributed by atoms with Crippen molar-refractivity contribution in [1.82, 2.24) is 24.4 Å². The lowest BCUT2D eigenvalue weighted by atomic mass is 10.1. The molecule has 1 aliphatic heterocycles. The average Bonchev–Trinajstić information content (AvgIpc) is 3.22. The Balaban J connectivity index is 1.34. The van der Waals surface area contributed by atoms with Crippen LogP contribution in [-0.2, 0) is 32.1 Å². The first kappa shape index (κ1) is 30.4. The highest BCUT2D eigenvalue weighted by Crippen LogP contribution is 2.44. The summed E-state index contributed by atoms with van der Waals surface area (Å²) in [6, 6.07) is 11.4. The number of halogens is 2. The summed E-state index contributed by atoms with van der Waals surface area (Å²) >= 11 is 0.